The van der Waals surface area contributed by atoms with Crippen LogP contribution in [0, 0.1) is 0 Å². The van der Waals surface area contributed by atoms with Gasteiger partial charge in [0, 0.05) is 5.41 Å². The molecule has 0 amide bonds. The van der Waals surface area contributed by atoms with E-state index >= 15 is 0 Å². The van der Waals surface area contributed by atoms with Crippen molar-refractivity contribution in [3.05, 3.63) is 41.6 Å². The van der Waals surface area contributed by atoms with Gasteiger partial charge in [0.15, 0.2) is 5.82 Å². The first-order valence-electron chi connectivity index (χ1n) is 7.04. The van der Waals surface area contributed by atoms with Crippen LogP contribution in [0.4, 0.5) is 11.8 Å². The maximum absolute atomic E-state index is 6.08. The molecule has 2 aromatic rings. The first-order chi connectivity index (χ1) is 9.72. The summed E-state index contributed by atoms with van der Waals surface area (Å²) in [5.41, 5.74) is 13.5. The largest absolute Gasteiger partial charge is 0.382 e. The van der Waals surface area contributed by atoms with E-state index in [4.69, 9.17) is 11.5 Å². The molecule has 104 valence electrons. The van der Waals surface area contributed by atoms with Gasteiger partial charge in [-0.2, -0.15) is 4.98 Å². The molecule has 0 unspecified atom stereocenters. The van der Waals surface area contributed by atoms with E-state index in [9.17, 15) is 0 Å². The van der Waals surface area contributed by atoms with E-state index in [0.29, 0.717) is 5.82 Å². The number of hydrogen-bond acceptors (Lipinski definition) is 5. The second kappa shape index (κ2) is 5.07. The van der Waals surface area contributed by atoms with Crippen molar-refractivity contribution in [3.63, 3.8) is 0 Å². The lowest BCUT2D eigenvalue weighted by molar-refractivity contribution is 0.336. The highest BCUT2D eigenvalue weighted by molar-refractivity contribution is 5.48. The molecule has 0 aliphatic heterocycles. The Morgan fingerprint density at radius 3 is 2.25 bits per heavy atom. The van der Waals surface area contributed by atoms with Crippen LogP contribution in [0.15, 0.2) is 30.3 Å². The molecule has 1 aliphatic carbocycles. The zero-order valence-corrected chi connectivity index (χ0v) is 11.4. The minimum atomic E-state index is -0.169. The van der Waals surface area contributed by atoms with Crippen LogP contribution in [0.2, 0.25) is 0 Å². The summed E-state index contributed by atoms with van der Waals surface area (Å²) in [5.74, 6) is 0.536. The summed E-state index contributed by atoms with van der Waals surface area (Å²) in [6, 6.07) is 10.4. The Bertz CT molecular complexity index is 590. The molecule has 3 rings (SSSR count). The maximum Gasteiger partial charge on any atom is 0.242 e. The summed E-state index contributed by atoms with van der Waals surface area (Å²) in [4.78, 5) is 4.10. The molecule has 1 aromatic heterocycles. The van der Waals surface area contributed by atoms with E-state index in [1.54, 1.807) is 0 Å². The maximum atomic E-state index is 6.08. The van der Waals surface area contributed by atoms with E-state index in [1.807, 2.05) is 6.07 Å². The smallest absolute Gasteiger partial charge is 0.242 e. The normalized spacial score (nSPS) is 17.8. The zero-order chi connectivity index (χ0) is 14.0. The molecular weight excluding hydrogens is 250 g/mol. The third-order valence-corrected chi connectivity index (χ3v) is 4.22. The molecule has 20 heavy (non-hydrogen) atoms. The Hall–Kier alpha value is -2.17. The lowest BCUT2D eigenvalue weighted by Gasteiger charge is -2.37. The van der Waals surface area contributed by atoms with Gasteiger partial charge in [0.2, 0.25) is 5.95 Å². The van der Waals surface area contributed by atoms with E-state index in [1.165, 1.54) is 24.8 Å². The molecule has 1 fully saturated rings. The first kappa shape index (κ1) is 12.8. The van der Waals surface area contributed by atoms with E-state index < -0.39 is 0 Å². The molecule has 1 aliphatic rings. The van der Waals surface area contributed by atoms with Crippen molar-refractivity contribution < 1.29 is 0 Å². The summed E-state index contributed by atoms with van der Waals surface area (Å²) in [7, 11) is 0. The van der Waals surface area contributed by atoms with Crippen LogP contribution in [0.25, 0.3) is 0 Å². The third kappa shape index (κ3) is 2.09. The lowest BCUT2D eigenvalue weighted by Crippen LogP contribution is -2.33. The Morgan fingerprint density at radius 1 is 0.900 bits per heavy atom. The summed E-state index contributed by atoms with van der Waals surface area (Å²) < 4.78 is 0. The monoisotopic (exact) mass is 269 g/mol. The second-order valence-electron chi connectivity index (χ2n) is 5.41. The third-order valence-electron chi connectivity index (χ3n) is 4.22. The standard InChI is InChI=1S/C15H19N5/c16-13-12(19-20-14(17)18-13)15(9-5-2-6-10-15)11-7-3-1-4-8-11/h1,3-4,7-8H,2,5-6,9-10H2,(H4,16,17,18,20). The highest BCUT2D eigenvalue weighted by Crippen LogP contribution is 2.45. The van der Waals surface area contributed by atoms with Crippen LogP contribution in [-0.4, -0.2) is 15.2 Å². The predicted molar refractivity (Wildman–Crippen MR) is 79.0 cm³/mol. The van der Waals surface area contributed by atoms with Crippen LogP contribution in [0.1, 0.15) is 43.4 Å². The van der Waals surface area contributed by atoms with Crippen molar-refractivity contribution in [1.29, 1.82) is 0 Å². The molecule has 5 heteroatoms. The average Bonchev–Trinajstić information content (AvgIpc) is 2.49. The molecule has 5 nitrogen and oxygen atoms in total. The van der Waals surface area contributed by atoms with Gasteiger partial charge in [0.05, 0.1) is 0 Å². The topological polar surface area (TPSA) is 90.7 Å². The van der Waals surface area contributed by atoms with E-state index in [0.717, 1.165) is 18.5 Å². The van der Waals surface area contributed by atoms with Crippen LogP contribution in [0.5, 0.6) is 0 Å². The molecule has 4 N–H and O–H groups in total. The highest BCUT2D eigenvalue weighted by Gasteiger charge is 2.39. The summed E-state index contributed by atoms with van der Waals surface area (Å²) >= 11 is 0. The van der Waals surface area contributed by atoms with Gasteiger partial charge in [-0.05, 0) is 18.4 Å². The molecule has 1 aromatic carbocycles. The fourth-order valence-electron chi connectivity index (χ4n) is 3.27. The lowest BCUT2D eigenvalue weighted by atomic mass is 9.67. The van der Waals surface area contributed by atoms with Crippen molar-refractivity contribution in [2.24, 2.45) is 0 Å². The fraction of sp³-hybridized carbons (Fsp3) is 0.400. The number of nitrogen functional groups attached to an aromatic ring is 2. The molecule has 0 bridgehead atoms. The van der Waals surface area contributed by atoms with Gasteiger partial charge in [0.1, 0.15) is 5.69 Å². The van der Waals surface area contributed by atoms with Crippen LogP contribution < -0.4 is 11.5 Å². The summed E-state index contributed by atoms with van der Waals surface area (Å²) in [5, 5.41) is 8.21. The Kier molecular flexibility index (Phi) is 3.26. The van der Waals surface area contributed by atoms with E-state index in [2.05, 4.69) is 39.4 Å². The Labute approximate surface area is 118 Å². The number of benzene rings is 1. The van der Waals surface area contributed by atoms with Gasteiger partial charge in [-0.25, -0.2) is 0 Å². The molecule has 0 saturated heterocycles. The van der Waals surface area contributed by atoms with Gasteiger partial charge in [-0.1, -0.05) is 49.6 Å². The van der Waals surface area contributed by atoms with Gasteiger partial charge < -0.3 is 11.5 Å². The van der Waals surface area contributed by atoms with Crippen molar-refractivity contribution >= 4 is 11.8 Å². The molecule has 0 spiro atoms. The van der Waals surface area contributed by atoms with Crippen molar-refractivity contribution in [1.82, 2.24) is 15.2 Å². The number of aromatic nitrogens is 3. The number of nitrogens with two attached hydrogens (primary N) is 2. The van der Waals surface area contributed by atoms with Crippen LogP contribution in [0.3, 0.4) is 0 Å². The fourth-order valence-corrected chi connectivity index (χ4v) is 3.27. The number of anilines is 2. The van der Waals surface area contributed by atoms with Gasteiger partial charge in [-0.15, -0.1) is 10.2 Å². The predicted octanol–water partition coefficient (Wildman–Crippen LogP) is 2.29. The quantitative estimate of drug-likeness (QED) is 0.872. The van der Waals surface area contributed by atoms with Crippen LogP contribution >= 0.6 is 0 Å². The molecular formula is C15H19N5. The van der Waals surface area contributed by atoms with Crippen LogP contribution in [-0.2, 0) is 5.41 Å². The highest BCUT2D eigenvalue weighted by atomic mass is 15.2. The Morgan fingerprint density at radius 2 is 1.60 bits per heavy atom. The first-order valence-corrected chi connectivity index (χ1v) is 7.04. The molecule has 1 saturated carbocycles. The van der Waals surface area contributed by atoms with Crippen molar-refractivity contribution in [2.75, 3.05) is 11.5 Å². The molecule has 0 atom stereocenters. The number of rotatable bonds is 2. The molecule has 0 radical (unpaired) electrons. The second-order valence-corrected chi connectivity index (χ2v) is 5.41. The minimum absolute atomic E-state index is 0.130. The zero-order valence-electron chi connectivity index (χ0n) is 11.4. The minimum Gasteiger partial charge on any atom is -0.382 e. The molecule has 1 heterocycles. The SMILES string of the molecule is Nc1nnc(C2(c3ccccc3)CCCCC2)c(N)n1. The van der Waals surface area contributed by atoms with Crippen molar-refractivity contribution in [2.45, 2.75) is 37.5 Å². The number of hydrogen-bond donors (Lipinski definition) is 2. The van der Waals surface area contributed by atoms with Crippen molar-refractivity contribution in [3.8, 4) is 0 Å². The average molecular weight is 269 g/mol. The van der Waals surface area contributed by atoms with Gasteiger partial charge in [-0.3, -0.25) is 0 Å². The Balaban J connectivity index is 2.15. The summed E-state index contributed by atoms with van der Waals surface area (Å²) in [6.45, 7) is 0. The summed E-state index contributed by atoms with van der Waals surface area (Å²) in [6.07, 6.45) is 5.65. The number of nitrogens with zero attached hydrogens (tertiary/aromatic N) is 3. The van der Waals surface area contributed by atoms with E-state index in [-0.39, 0.29) is 11.4 Å². The van der Waals surface area contributed by atoms with Gasteiger partial charge >= 0.3 is 0 Å². The van der Waals surface area contributed by atoms with Gasteiger partial charge in [0.25, 0.3) is 0 Å².